The van der Waals surface area contributed by atoms with E-state index in [1.54, 1.807) is 0 Å². The van der Waals surface area contributed by atoms with Crippen LogP contribution in [0.25, 0.3) is 0 Å². The predicted molar refractivity (Wildman–Crippen MR) is 85.3 cm³/mol. The topological polar surface area (TPSA) is 24.9 Å². The summed E-state index contributed by atoms with van der Waals surface area (Å²) in [4.78, 5) is 4.58. The second kappa shape index (κ2) is 6.87. The van der Waals surface area contributed by atoms with Crippen molar-refractivity contribution in [1.29, 1.82) is 0 Å². The molecule has 3 heteroatoms. The van der Waals surface area contributed by atoms with E-state index in [4.69, 9.17) is 11.6 Å². The molecule has 0 spiro atoms. The van der Waals surface area contributed by atoms with Gasteiger partial charge in [0.05, 0.1) is 6.04 Å². The van der Waals surface area contributed by atoms with Gasteiger partial charge in [-0.1, -0.05) is 36.7 Å². The third kappa shape index (κ3) is 3.59. The van der Waals surface area contributed by atoms with E-state index in [-0.39, 0.29) is 6.04 Å². The van der Waals surface area contributed by atoms with Gasteiger partial charge in [-0.3, -0.25) is 4.98 Å². The molecule has 106 valence electrons. The van der Waals surface area contributed by atoms with Crippen molar-refractivity contribution in [3.8, 4) is 0 Å². The van der Waals surface area contributed by atoms with Crippen molar-refractivity contribution in [2.75, 3.05) is 6.54 Å². The standard InChI is InChI=1S/C17H21ClN2/c1-4-11-19-17(14-6-8-15(18)9-7-14)16-10-5-12(2)20-13(16)3/h5-10,17,19H,4,11H2,1-3H3. The molecule has 1 unspecified atom stereocenters. The molecule has 0 saturated carbocycles. The number of hydrogen-bond acceptors (Lipinski definition) is 2. The number of halogens is 1. The van der Waals surface area contributed by atoms with Crippen LogP contribution < -0.4 is 5.32 Å². The summed E-state index contributed by atoms with van der Waals surface area (Å²) >= 11 is 5.99. The molecule has 1 atom stereocenters. The zero-order valence-corrected chi connectivity index (χ0v) is 13.0. The van der Waals surface area contributed by atoms with Gasteiger partial charge in [-0.15, -0.1) is 0 Å². The number of nitrogens with one attached hydrogen (secondary N) is 1. The summed E-state index contributed by atoms with van der Waals surface area (Å²) in [5.41, 5.74) is 4.58. The van der Waals surface area contributed by atoms with Crippen LogP contribution in [0.2, 0.25) is 5.02 Å². The van der Waals surface area contributed by atoms with Crippen molar-refractivity contribution in [3.63, 3.8) is 0 Å². The first kappa shape index (κ1) is 15.0. The van der Waals surface area contributed by atoms with Crippen LogP contribution in [0.1, 0.15) is 41.9 Å². The Hall–Kier alpha value is -1.38. The first-order chi connectivity index (χ1) is 9.61. The first-order valence-corrected chi connectivity index (χ1v) is 7.42. The van der Waals surface area contributed by atoms with Gasteiger partial charge in [-0.25, -0.2) is 0 Å². The Balaban J connectivity index is 2.38. The second-order valence-corrected chi connectivity index (χ2v) is 5.50. The smallest absolute Gasteiger partial charge is 0.0594 e. The molecule has 0 radical (unpaired) electrons. The van der Waals surface area contributed by atoms with E-state index in [0.29, 0.717) is 0 Å². The van der Waals surface area contributed by atoms with Crippen LogP contribution in [-0.2, 0) is 0 Å². The maximum absolute atomic E-state index is 5.99. The lowest BCUT2D eigenvalue weighted by Gasteiger charge is -2.21. The monoisotopic (exact) mass is 288 g/mol. The molecular weight excluding hydrogens is 268 g/mol. The number of aromatic nitrogens is 1. The van der Waals surface area contributed by atoms with Crippen molar-refractivity contribution >= 4 is 11.6 Å². The molecule has 0 fully saturated rings. The molecule has 2 aromatic rings. The highest BCUT2D eigenvalue weighted by atomic mass is 35.5. The molecule has 0 saturated heterocycles. The predicted octanol–water partition coefficient (Wildman–Crippen LogP) is 4.44. The van der Waals surface area contributed by atoms with Gasteiger partial charge in [0.2, 0.25) is 0 Å². The fourth-order valence-corrected chi connectivity index (χ4v) is 2.48. The molecule has 0 amide bonds. The molecule has 1 N–H and O–H groups in total. The number of nitrogens with zero attached hydrogens (tertiary/aromatic N) is 1. The van der Waals surface area contributed by atoms with E-state index >= 15 is 0 Å². The molecule has 2 rings (SSSR count). The van der Waals surface area contributed by atoms with E-state index in [1.807, 2.05) is 19.1 Å². The van der Waals surface area contributed by atoms with Crippen LogP contribution in [0, 0.1) is 13.8 Å². The van der Waals surface area contributed by atoms with Crippen molar-refractivity contribution in [2.24, 2.45) is 0 Å². The van der Waals surface area contributed by atoms with Gasteiger partial charge >= 0.3 is 0 Å². The third-order valence-electron chi connectivity index (χ3n) is 3.38. The number of rotatable bonds is 5. The minimum Gasteiger partial charge on any atom is -0.306 e. The highest BCUT2D eigenvalue weighted by molar-refractivity contribution is 6.30. The zero-order valence-electron chi connectivity index (χ0n) is 12.3. The number of pyridine rings is 1. The average molecular weight is 289 g/mol. The van der Waals surface area contributed by atoms with E-state index in [1.165, 1.54) is 11.1 Å². The molecular formula is C17H21ClN2. The van der Waals surface area contributed by atoms with Crippen LogP contribution in [0.15, 0.2) is 36.4 Å². The Morgan fingerprint density at radius 2 is 1.80 bits per heavy atom. The maximum Gasteiger partial charge on any atom is 0.0594 e. The van der Waals surface area contributed by atoms with Crippen LogP contribution >= 0.6 is 11.6 Å². The molecule has 0 bridgehead atoms. The fraction of sp³-hybridized carbons (Fsp3) is 0.353. The Morgan fingerprint density at radius 1 is 1.10 bits per heavy atom. The van der Waals surface area contributed by atoms with Crippen LogP contribution in [0.5, 0.6) is 0 Å². The van der Waals surface area contributed by atoms with Gasteiger partial charge < -0.3 is 5.32 Å². The quantitative estimate of drug-likeness (QED) is 0.880. The lowest BCUT2D eigenvalue weighted by Crippen LogP contribution is -2.24. The van der Waals surface area contributed by atoms with Gasteiger partial charge in [-0.2, -0.15) is 0 Å². The fourth-order valence-electron chi connectivity index (χ4n) is 2.35. The summed E-state index contributed by atoms with van der Waals surface area (Å²) in [6.07, 6.45) is 1.10. The Bertz CT molecular complexity index is 564. The Morgan fingerprint density at radius 3 is 2.40 bits per heavy atom. The first-order valence-electron chi connectivity index (χ1n) is 7.04. The summed E-state index contributed by atoms with van der Waals surface area (Å²) in [5.74, 6) is 0. The third-order valence-corrected chi connectivity index (χ3v) is 3.63. The highest BCUT2D eigenvalue weighted by Gasteiger charge is 2.16. The minimum atomic E-state index is 0.167. The second-order valence-electron chi connectivity index (χ2n) is 5.07. The van der Waals surface area contributed by atoms with Gasteiger partial charge in [0.25, 0.3) is 0 Å². The van der Waals surface area contributed by atoms with Crippen LogP contribution in [0.4, 0.5) is 0 Å². The van der Waals surface area contributed by atoms with E-state index < -0.39 is 0 Å². The summed E-state index contributed by atoms with van der Waals surface area (Å²) in [7, 11) is 0. The van der Waals surface area contributed by atoms with Crippen molar-refractivity contribution in [3.05, 3.63) is 63.9 Å². The zero-order chi connectivity index (χ0) is 14.5. The van der Waals surface area contributed by atoms with Crippen molar-refractivity contribution < 1.29 is 0 Å². The number of hydrogen-bond donors (Lipinski definition) is 1. The minimum absolute atomic E-state index is 0.167. The van der Waals surface area contributed by atoms with Crippen molar-refractivity contribution in [1.82, 2.24) is 10.3 Å². The van der Waals surface area contributed by atoms with Crippen LogP contribution in [-0.4, -0.2) is 11.5 Å². The molecule has 0 aliphatic heterocycles. The lowest BCUT2D eigenvalue weighted by molar-refractivity contribution is 0.594. The molecule has 1 aromatic heterocycles. The average Bonchev–Trinajstić information content (AvgIpc) is 2.42. The molecule has 20 heavy (non-hydrogen) atoms. The summed E-state index contributed by atoms with van der Waals surface area (Å²) < 4.78 is 0. The largest absolute Gasteiger partial charge is 0.306 e. The summed E-state index contributed by atoms with van der Waals surface area (Å²) in [6.45, 7) is 7.24. The van der Waals surface area contributed by atoms with Crippen LogP contribution in [0.3, 0.4) is 0 Å². The van der Waals surface area contributed by atoms with Gasteiger partial charge in [-0.05, 0) is 56.1 Å². The molecule has 0 aliphatic rings. The lowest BCUT2D eigenvalue weighted by atomic mass is 9.97. The number of aryl methyl sites for hydroxylation is 2. The molecule has 1 heterocycles. The Labute approximate surface area is 126 Å². The highest BCUT2D eigenvalue weighted by Crippen LogP contribution is 2.25. The number of benzene rings is 1. The Kier molecular flexibility index (Phi) is 5.16. The SMILES string of the molecule is CCCNC(c1ccc(Cl)cc1)c1ccc(C)nc1C. The van der Waals surface area contributed by atoms with Gasteiger partial charge in [0, 0.05) is 16.4 Å². The normalized spacial score (nSPS) is 12.4. The summed E-state index contributed by atoms with van der Waals surface area (Å²) in [6, 6.07) is 12.4. The van der Waals surface area contributed by atoms with E-state index in [2.05, 4.69) is 48.4 Å². The van der Waals surface area contributed by atoms with E-state index in [9.17, 15) is 0 Å². The molecule has 1 aromatic carbocycles. The van der Waals surface area contributed by atoms with E-state index in [0.717, 1.165) is 29.4 Å². The summed E-state index contributed by atoms with van der Waals surface area (Å²) in [5, 5.41) is 4.36. The molecule has 0 aliphatic carbocycles. The molecule has 2 nitrogen and oxygen atoms in total. The van der Waals surface area contributed by atoms with Gasteiger partial charge in [0.1, 0.15) is 0 Å². The maximum atomic E-state index is 5.99. The van der Waals surface area contributed by atoms with Gasteiger partial charge in [0.15, 0.2) is 0 Å². The van der Waals surface area contributed by atoms with Crippen molar-refractivity contribution in [2.45, 2.75) is 33.2 Å².